The Morgan fingerprint density at radius 1 is 1.21 bits per heavy atom. The van der Waals surface area contributed by atoms with Gasteiger partial charge in [-0.2, -0.15) is 5.01 Å². The van der Waals surface area contributed by atoms with Crippen LogP contribution in [0.25, 0.3) is 0 Å². The zero-order valence-electron chi connectivity index (χ0n) is 19.5. The molecular weight excluding hydrogens is 456 g/mol. The van der Waals surface area contributed by atoms with E-state index in [9.17, 15) is 14.7 Å². The second-order valence-electron chi connectivity index (χ2n) is 8.44. The molecule has 2 atom stereocenters. The number of urea groups is 2. The predicted molar refractivity (Wildman–Crippen MR) is 131 cm³/mol. The van der Waals surface area contributed by atoms with Crippen LogP contribution >= 0.6 is 11.6 Å². The molecule has 182 valence electrons. The van der Waals surface area contributed by atoms with E-state index in [1.165, 1.54) is 0 Å². The summed E-state index contributed by atoms with van der Waals surface area (Å²) < 4.78 is 0. The Morgan fingerprint density at radius 3 is 2.59 bits per heavy atom. The summed E-state index contributed by atoms with van der Waals surface area (Å²) in [6.45, 7) is 4.16. The Morgan fingerprint density at radius 2 is 1.91 bits per heavy atom. The van der Waals surface area contributed by atoms with E-state index in [1.54, 1.807) is 56.0 Å². The van der Waals surface area contributed by atoms with Crippen molar-refractivity contribution in [2.24, 2.45) is 0 Å². The highest BCUT2D eigenvalue weighted by Gasteiger charge is 2.45. The van der Waals surface area contributed by atoms with Crippen LogP contribution in [0, 0.1) is 0 Å². The molecule has 0 bridgehead atoms. The molecule has 4 amide bonds. The largest absolute Gasteiger partial charge is 0.372 e. The van der Waals surface area contributed by atoms with E-state index in [2.05, 4.69) is 5.32 Å². The summed E-state index contributed by atoms with van der Waals surface area (Å²) in [7, 11) is 1.74. The monoisotopic (exact) mass is 486 g/mol. The second-order valence-corrected chi connectivity index (χ2v) is 8.87. The molecule has 4 rings (SSSR count). The molecule has 0 saturated carbocycles. The third-order valence-corrected chi connectivity index (χ3v) is 6.46. The lowest BCUT2D eigenvalue weighted by atomic mass is 10.2. The van der Waals surface area contributed by atoms with Crippen molar-refractivity contribution in [3.8, 4) is 0 Å². The average Bonchev–Trinajstić information content (AvgIpc) is 3.19. The van der Waals surface area contributed by atoms with Crippen LogP contribution in [0.15, 0.2) is 54.6 Å². The van der Waals surface area contributed by atoms with Crippen molar-refractivity contribution in [3.63, 3.8) is 0 Å². The number of anilines is 1. The Kier molecular flexibility index (Phi) is 7.57. The number of aliphatic hydroxyl groups is 1. The van der Waals surface area contributed by atoms with E-state index in [0.29, 0.717) is 36.8 Å². The summed E-state index contributed by atoms with van der Waals surface area (Å²) in [6, 6.07) is 15.9. The highest BCUT2D eigenvalue weighted by Crippen LogP contribution is 2.29. The first-order valence-corrected chi connectivity index (χ1v) is 11.9. The number of piperazine rings is 1. The molecule has 2 aliphatic rings. The minimum Gasteiger partial charge on any atom is -0.372 e. The van der Waals surface area contributed by atoms with Crippen LogP contribution in [0.3, 0.4) is 0 Å². The molecule has 2 N–H and O–H groups in total. The van der Waals surface area contributed by atoms with Gasteiger partial charge in [0.25, 0.3) is 0 Å². The molecule has 0 aromatic heterocycles. The molecule has 0 spiro atoms. The predicted octanol–water partition coefficient (Wildman–Crippen LogP) is 3.14. The third-order valence-electron chi connectivity index (χ3n) is 6.21. The van der Waals surface area contributed by atoms with Gasteiger partial charge in [-0.3, -0.25) is 14.8 Å². The Labute approximate surface area is 205 Å². The van der Waals surface area contributed by atoms with E-state index in [4.69, 9.17) is 11.6 Å². The molecule has 0 aliphatic carbocycles. The molecule has 9 nitrogen and oxygen atoms in total. The number of nitrogens with one attached hydrogen (secondary N) is 1. The minimum absolute atomic E-state index is 0.161. The first-order chi connectivity index (χ1) is 16.4. The van der Waals surface area contributed by atoms with Gasteiger partial charge in [0.1, 0.15) is 6.17 Å². The molecule has 2 unspecified atom stereocenters. The molecule has 0 radical (unpaired) electrons. The van der Waals surface area contributed by atoms with Gasteiger partial charge < -0.3 is 15.3 Å². The molecule has 2 heterocycles. The number of benzene rings is 2. The van der Waals surface area contributed by atoms with Gasteiger partial charge in [0.05, 0.1) is 6.67 Å². The van der Waals surface area contributed by atoms with Crippen LogP contribution in [0.2, 0.25) is 5.02 Å². The highest BCUT2D eigenvalue weighted by atomic mass is 35.5. The summed E-state index contributed by atoms with van der Waals surface area (Å²) in [5.41, 5.74) is 1.42. The van der Waals surface area contributed by atoms with Crippen molar-refractivity contribution in [1.29, 1.82) is 0 Å². The van der Waals surface area contributed by atoms with E-state index >= 15 is 0 Å². The number of amides is 4. The molecule has 2 saturated heterocycles. The number of carbonyl (C=O) groups excluding carboxylic acids is 2. The van der Waals surface area contributed by atoms with Gasteiger partial charge in [-0.1, -0.05) is 48.9 Å². The van der Waals surface area contributed by atoms with Crippen LogP contribution in [-0.2, 0) is 0 Å². The standard InChI is InChI=1S/C24H31ClN6O3/c1-3-14-30-24(34)29(17-31(30)22(32)18-9-11-19(25)12-10-18)21-16-26-13-15-28(21)23(33)27(2)20-7-5-4-6-8-20/h4-12,21-22,26,32H,3,13-17H2,1-2H3. The number of aliphatic hydroxyl groups excluding tert-OH is 1. The first kappa shape index (κ1) is 24.3. The SMILES string of the molecule is CCCN1C(=O)N(C2CNCCN2C(=O)N(C)c2ccccc2)CN1C(O)c1ccc(Cl)cc1. The van der Waals surface area contributed by atoms with Crippen molar-refractivity contribution in [3.05, 3.63) is 65.2 Å². The number of carbonyl (C=O) groups is 2. The summed E-state index contributed by atoms with van der Waals surface area (Å²) in [4.78, 5) is 31.9. The fourth-order valence-corrected chi connectivity index (χ4v) is 4.50. The van der Waals surface area contributed by atoms with Crippen molar-refractivity contribution < 1.29 is 14.7 Å². The highest BCUT2D eigenvalue weighted by molar-refractivity contribution is 6.30. The second kappa shape index (κ2) is 10.6. The number of hydrogen-bond acceptors (Lipinski definition) is 5. The fraction of sp³-hybridized carbons (Fsp3) is 0.417. The van der Waals surface area contributed by atoms with Crippen molar-refractivity contribution in [1.82, 2.24) is 25.1 Å². The maximum Gasteiger partial charge on any atom is 0.337 e. The van der Waals surface area contributed by atoms with E-state index < -0.39 is 12.4 Å². The van der Waals surface area contributed by atoms with Gasteiger partial charge in [0.15, 0.2) is 6.23 Å². The summed E-state index contributed by atoms with van der Waals surface area (Å²) >= 11 is 6.00. The molecule has 2 fully saturated rings. The third kappa shape index (κ3) is 4.83. The molecule has 10 heteroatoms. The summed E-state index contributed by atoms with van der Waals surface area (Å²) in [5.74, 6) is 0. The van der Waals surface area contributed by atoms with Crippen molar-refractivity contribution in [2.75, 3.05) is 44.8 Å². The molecule has 2 aromatic rings. The zero-order chi connectivity index (χ0) is 24.2. The molecule has 2 aromatic carbocycles. The van der Waals surface area contributed by atoms with Crippen molar-refractivity contribution >= 4 is 29.4 Å². The lowest BCUT2D eigenvalue weighted by molar-refractivity contribution is -0.102. The first-order valence-electron chi connectivity index (χ1n) is 11.5. The van der Waals surface area contributed by atoms with Gasteiger partial charge in [0, 0.05) is 43.9 Å². The number of rotatable bonds is 6. The van der Waals surface area contributed by atoms with Crippen LogP contribution in [0.4, 0.5) is 15.3 Å². The lowest BCUT2D eigenvalue weighted by Crippen LogP contribution is -2.63. The van der Waals surface area contributed by atoms with Gasteiger partial charge in [-0.15, -0.1) is 0 Å². The topological polar surface area (TPSA) is 82.6 Å². The fourth-order valence-electron chi connectivity index (χ4n) is 4.37. The Bertz CT molecular complexity index is 992. The number of hydrazine groups is 1. The van der Waals surface area contributed by atoms with E-state index in [0.717, 1.165) is 12.1 Å². The maximum atomic E-state index is 13.5. The lowest BCUT2D eigenvalue weighted by Gasteiger charge is -2.42. The number of para-hydroxylation sites is 1. The summed E-state index contributed by atoms with van der Waals surface area (Å²) in [6.07, 6.45) is -0.779. The van der Waals surface area contributed by atoms with Crippen molar-refractivity contribution in [2.45, 2.75) is 25.7 Å². The quantitative estimate of drug-likeness (QED) is 0.655. The van der Waals surface area contributed by atoms with Gasteiger partial charge in [-0.05, 0) is 36.2 Å². The van der Waals surface area contributed by atoms with Crippen LogP contribution in [0.5, 0.6) is 0 Å². The van der Waals surface area contributed by atoms with Gasteiger partial charge in [-0.25, -0.2) is 9.59 Å². The van der Waals surface area contributed by atoms with Gasteiger partial charge >= 0.3 is 12.1 Å². The maximum absolute atomic E-state index is 13.5. The smallest absolute Gasteiger partial charge is 0.337 e. The Balaban J connectivity index is 1.57. The Hall–Kier alpha value is -2.85. The van der Waals surface area contributed by atoms with E-state index in [1.807, 2.05) is 37.3 Å². The number of hydrogen-bond donors (Lipinski definition) is 2. The van der Waals surface area contributed by atoms with Crippen LogP contribution in [0.1, 0.15) is 25.1 Å². The number of nitrogens with zero attached hydrogens (tertiary/aromatic N) is 5. The van der Waals surface area contributed by atoms with Crippen LogP contribution in [-0.4, -0.2) is 83.0 Å². The van der Waals surface area contributed by atoms with Gasteiger partial charge in [0.2, 0.25) is 0 Å². The van der Waals surface area contributed by atoms with Crippen LogP contribution < -0.4 is 10.2 Å². The zero-order valence-corrected chi connectivity index (χ0v) is 20.2. The molecule has 34 heavy (non-hydrogen) atoms. The molecular formula is C24H31ClN6O3. The average molecular weight is 487 g/mol. The summed E-state index contributed by atoms with van der Waals surface area (Å²) in [5, 5.41) is 18.2. The van der Waals surface area contributed by atoms with E-state index in [-0.39, 0.29) is 18.7 Å². The number of halogens is 1. The molecule has 2 aliphatic heterocycles. The normalized spacial score (nSPS) is 20.1. The minimum atomic E-state index is -1.02.